The molecule has 1 aliphatic rings. The first-order valence-electron chi connectivity index (χ1n) is 10.6. The van der Waals surface area contributed by atoms with Gasteiger partial charge in [0.25, 0.3) is 5.91 Å². The van der Waals surface area contributed by atoms with E-state index in [1.54, 1.807) is 19.2 Å². The molecule has 174 valence electrons. The minimum absolute atomic E-state index is 0.132. The van der Waals surface area contributed by atoms with Crippen LogP contribution in [0, 0.1) is 5.82 Å². The van der Waals surface area contributed by atoms with E-state index in [2.05, 4.69) is 20.2 Å². The Morgan fingerprint density at radius 1 is 1.21 bits per heavy atom. The summed E-state index contributed by atoms with van der Waals surface area (Å²) in [6.45, 7) is 4.81. The van der Waals surface area contributed by atoms with Gasteiger partial charge >= 0.3 is 0 Å². The number of halogens is 2. The van der Waals surface area contributed by atoms with Gasteiger partial charge in [-0.25, -0.2) is 14.4 Å². The molecule has 0 atom stereocenters. The molecular formula is C23H24ClFN4O4. The lowest BCUT2D eigenvalue weighted by Crippen LogP contribution is -2.37. The van der Waals surface area contributed by atoms with Crippen molar-refractivity contribution in [1.29, 1.82) is 0 Å². The maximum Gasteiger partial charge on any atom is 0.256 e. The smallest absolute Gasteiger partial charge is 0.256 e. The van der Waals surface area contributed by atoms with Crippen LogP contribution >= 0.6 is 11.6 Å². The molecule has 0 aliphatic carbocycles. The minimum Gasteiger partial charge on any atom is -0.493 e. The number of morpholine rings is 1. The van der Waals surface area contributed by atoms with Crippen LogP contribution < -0.4 is 14.8 Å². The van der Waals surface area contributed by atoms with Gasteiger partial charge in [-0.2, -0.15) is 0 Å². The summed E-state index contributed by atoms with van der Waals surface area (Å²) in [5.41, 5.74) is 0.788. The van der Waals surface area contributed by atoms with Gasteiger partial charge < -0.3 is 19.5 Å². The molecule has 3 aromatic rings. The third-order valence-electron chi connectivity index (χ3n) is 5.31. The van der Waals surface area contributed by atoms with Crippen LogP contribution in [0.2, 0.25) is 5.02 Å². The molecule has 1 fully saturated rings. The lowest BCUT2D eigenvalue weighted by Gasteiger charge is -2.26. The average molecular weight is 475 g/mol. The van der Waals surface area contributed by atoms with Gasteiger partial charge in [0.15, 0.2) is 11.5 Å². The standard InChI is InChI=1S/C23H24ClFN4O4/c1-31-20-13-19-16(12-21(20)33-8-2-5-29-6-9-32-10-7-29)22(27-14-26-19)28-23(30)15-3-4-18(25)17(24)11-15/h3-4,11-14H,2,5-10H2,1H3,(H,26,27,28,30). The van der Waals surface area contributed by atoms with Gasteiger partial charge in [0, 0.05) is 36.7 Å². The van der Waals surface area contributed by atoms with E-state index in [0.29, 0.717) is 34.8 Å². The Kier molecular flexibility index (Phi) is 7.54. The minimum atomic E-state index is -0.594. The highest BCUT2D eigenvalue weighted by Crippen LogP contribution is 2.34. The molecule has 1 saturated heterocycles. The maximum absolute atomic E-state index is 13.4. The van der Waals surface area contributed by atoms with Crippen molar-refractivity contribution in [3.05, 3.63) is 53.1 Å². The first-order valence-corrected chi connectivity index (χ1v) is 10.9. The number of benzene rings is 2. The second-order valence-electron chi connectivity index (χ2n) is 7.48. The zero-order valence-corrected chi connectivity index (χ0v) is 18.9. The van der Waals surface area contributed by atoms with E-state index in [9.17, 15) is 9.18 Å². The quantitative estimate of drug-likeness (QED) is 0.497. The van der Waals surface area contributed by atoms with Crippen LogP contribution in [0.3, 0.4) is 0 Å². The number of carbonyl (C=O) groups excluding carboxylic acids is 1. The number of hydrogen-bond donors (Lipinski definition) is 1. The number of nitrogens with one attached hydrogen (secondary N) is 1. The number of anilines is 1. The van der Waals surface area contributed by atoms with Crippen molar-refractivity contribution in [2.45, 2.75) is 6.42 Å². The summed E-state index contributed by atoms with van der Waals surface area (Å²) in [6, 6.07) is 7.24. The monoisotopic (exact) mass is 474 g/mol. The maximum atomic E-state index is 13.4. The molecule has 0 unspecified atom stereocenters. The molecule has 0 spiro atoms. The van der Waals surface area contributed by atoms with Crippen molar-refractivity contribution in [1.82, 2.24) is 14.9 Å². The lowest BCUT2D eigenvalue weighted by atomic mass is 10.2. The Labute approximate surface area is 195 Å². The topological polar surface area (TPSA) is 85.8 Å². The average Bonchev–Trinajstić information content (AvgIpc) is 2.84. The van der Waals surface area contributed by atoms with E-state index >= 15 is 0 Å². The third kappa shape index (κ3) is 5.68. The van der Waals surface area contributed by atoms with Crippen molar-refractivity contribution < 1.29 is 23.4 Å². The van der Waals surface area contributed by atoms with Crippen LogP contribution in [0.25, 0.3) is 10.9 Å². The van der Waals surface area contributed by atoms with E-state index in [0.717, 1.165) is 45.3 Å². The molecular weight excluding hydrogens is 451 g/mol. The van der Waals surface area contributed by atoms with E-state index in [1.807, 2.05) is 0 Å². The normalized spacial score (nSPS) is 14.3. The Morgan fingerprint density at radius 3 is 2.79 bits per heavy atom. The van der Waals surface area contributed by atoms with E-state index in [4.69, 9.17) is 25.8 Å². The van der Waals surface area contributed by atoms with Crippen LogP contribution in [0.5, 0.6) is 11.5 Å². The Morgan fingerprint density at radius 2 is 2.03 bits per heavy atom. The molecule has 0 saturated carbocycles. The van der Waals surface area contributed by atoms with Crippen LogP contribution in [0.4, 0.5) is 10.2 Å². The van der Waals surface area contributed by atoms with Crippen molar-refractivity contribution in [3.63, 3.8) is 0 Å². The zero-order valence-electron chi connectivity index (χ0n) is 18.1. The number of aromatic nitrogens is 2. The summed E-state index contributed by atoms with van der Waals surface area (Å²) in [5.74, 6) is 0.299. The molecule has 10 heteroatoms. The highest BCUT2D eigenvalue weighted by molar-refractivity contribution is 6.31. The molecule has 1 N–H and O–H groups in total. The predicted octanol–water partition coefficient (Wildman–Crippen LogP) is 3.78. The SMILES string of the molecule is COc1cc2ncnc(NC(=O)c3ccc(F)c(Cl)c3)c2cc1OCCCN1CCOCC1. The zero-order chi connectivity index (χ0) is 23.2. The Balaban J connectivity index is 1.50. The highest BCUT2D eigenvalue weighted by atomic mass is 35.5. The Hall–Kier alpha value is -3.01. The number of amides is 1. The van der Waals surface area contributed by atoms with Crippen molar-refractivity contribution >= 4 is 34.2 Å². The molecule has 0 radical (unpaired) electrons. The summed E-state index contributed by atoms with van der Waals surface area (Å²) in [4.78, 5) is 23.5. The molecule has 2 heterocycles. The van der Waals surface area contributed by atoms with Gasteiger partial charge in [0.05, 0.1) is 37.5 Å². The summed E-state index contributed by atoms with van der Waals surface area (Å²) >= 11 is 5.80. The fourth-order valence-corrected chi connectivity index (χ4v) is 3.73. The molecule has 33 heavy (non-hydrogen) atoms. The van der Waals surface area contributed by atoms with Crippen LogP contribution in [0.15, 0.2) is 36.7 Å². The van der Waals surface area contributed by atoms with Gasteiger partial charge in [0.1, 0.15) is 18.0 Å². The molecule has 1 aromatic heterocycles. The van der Waals surface area contributed by atoms with E-state index in [-0.39, 0.29) is 10.6 Å². The molecule has 0 bridgehead atoms. The number of methoxy groups -OCH3 is 1. The largest absolute Gasteiger partial charge is 0.493 e. The van der Waals surface area contributed by atoms with Crippen LogP contribution in [-0.4, -0.2) is 67.3 Å². The van der Waals surface area contributed by atoms with Crippen molar-refractivity contribution in [2.24, 2.45) is 0 Å². The summed E-state index contributed by atoms with van der Waals surface area (Å²) in [5, 5.41) is 3.19. The summed E-state index contributed by atoms with van der Waals surface area (Å²) in [7, 11) is 1.56. The second-order valence-corrected chi connectivity index (χ2v) is 7.89. The highest BCUT2D eigenvalue weighted by Gasteiger charge is 2.16. The number of fused-ring (bicyclic) bond motifs is 1. The number of ether oxygens (including phenoxy) is 3. The van der Waals surface area contributed by atoms with Gasteiger partial charge in [-0.3, -0.25) is 9.69 Å². The van der Waals surface area contributed by atoms with E-state index in [1.165, 1.54) is 18.5 Å². The number of carbonyl (C=O) groups is 1. The number of hydrogen-bond acceptors (Lipinski definition) is 7. The number of nitrogens with zero attached hydrogens (tertiary/aromatic N) is 3. The van der Waals surface area contributed by atoms with Gasteiger partial charge in [0.2, 0.25) is 0 Å². The molecule has 2 aromatic carbocycles. The first-order chi connectivity index (χ1) is 16.0. The van der Waals surface area contributed by atoms with Crippen molar-refractivity contribution in [2.75, 3.05) is 51.9 Å². The predicted molar refractivity (Wildman–Crippen MR) is 123 cm³/mol. The van der Waals surface area contributed by atoms with E-state index < -0.39 is 11.7 Å². The summed E-state index contributed by atoms with van der Waals surface area (Å²) < 4.78 is 30.3. The summed E-state index contributed by atoms with van der Waals surface area (Å²) in [6.07, 6.45) is 2.19. The van der Waals surface area contributed by atoms with Crippen LogP contribution in [-0.2, 0) is 4.74 Å². The number of rotatable bonds is 8. The van der Waals surface area contributed by atoms with Crippen molar-refractivity contribution in [3.8, 4) is 11.5 Å². The first kappa shape index (κ1) is 23.2. The second kappa shape index (κ2) is 10.7. The molecule has 4 rings (SSSR count). The third-order valence-corrected chi connectivity index (χ3v) is 5.60. The van der Waals surface area contributed by atoms with Crippen LogP contribution in [0.1, 0.15) is 16.8 Å². The lowest BCUT2D eigenvalue weighted by molar-refractivity contribution is 0.0357. The molecule has 8 nitrogen and oxygen atoms in total. The molecule has 1 amide bonds. The Bertz CT molecular complexity index is 1140. The fraction of sp³-hybridized carbons (Fsp3) is 0.348. The van der Waals surface area contributed by atoms with Gasteiger partial charge in [-0.15, -0.1) is 0 Å². The van der Waals surface area contributed by atoms with Gasteiger partial charge in [-0.05, 0) is 30.7 Å². The molecule has 1 aliphatic heterocycles. The van der Waals surface area contributed by atoms with Gasteiger partial charge in [-0.1, -0.05) is 11.6 Å². The fourth-order valence-electron chi connectivity index (χ4n) is 3.55.